The van der Waals surface area contributed by atoms with Crippen molar-refractivity contribution < 1.29 is 14.3 Å². The van der Waals surface area contributed by atoms with Crippen molar-refractivity contribution in [3.05, 3.63) is 63.6 Å². The van der Waals surface area contributed by atoms with Crippen molar-refractivity contribution >= 4 is 40.8 Å². The van der Waals surface area contributed by atoms with Crippen LogP contribution in [0.2, 0.25) is 10.0 Å². The molecular formula is C17H15Cl2NO3. The van der Waals surface area contributed by atoms with Crippen LogP contribution in [0.15, 0.2) is 42.5 Å². The summed E-state index contributed by atoms with van der Waals surface area (Å²) in [7, 11) is 1.29. The molecule has 0 saturated carbocycles. The van der Waals surface area contributed by atoms with E-state index in [1.807, 2.05) is 0 Å². The van der Waals surface area contributed by atoms with Gasteiger partial charge in [-0.15, -0.1) is 0 Å². The number of methoxy groups -OCH3 is 1. The number of esters is 1. The van der Waals surface area contributed by atoms with Crippen molar-refractivity contribution in [3.63, 3.8) is 0 Å². The van der Waals surface area contributed by atoms with E-state index in [2.05, 4.69) is 5.32 Å². The van der Waals surface area contributed by atoms with Crippen molar-refractivity contribution in [2.75, 3.05) is 12.4 Å². The number of hydrogen-bond donors (Lipinski definition) is 1. The largest absolute Gasteiger partial charge is 0.465 e. The zero-order chi connectivity index (χ0) is 16.8. The van der Waals surface area contributed by atoms with Gasteiger partial charge in [-0.3, -0.25) is 4.79 Å². The van der Waals surface area contributed by atoms with E-state index in [0.717, 1.165) is 5.56 Å². The van der Waals surface area contributed by atoms with Gasteiger partial charge in [-0.1, -0.05) is 41.4 Å². The van der Waals surface area contributed by atoms with E-state index in [1.165, 1.54) is 7.11 Å². The molecule has 0 radical (unpaired) electrons. The van der Waals surface area contributed by atoms with Gasteiger partial charge in [0.15, 0.2) is 0 Å². The van der Waals surface area contributed by atoms with E-state index in [1.54, 1.807) is 42.5 Å². The Kier molecular flexibility index (Phi) is 6.02. The number of para-hydroxylation sites is 1. The Morgan fingerprint density at radius 1 is 1.04 bits per heavy atom. The molecular weight excluding hydrogens is 337 g/mol. The fourth-order valence-corrected chi connectivity index (χ4v) is 2.69. The number of halogens is 2. The molecule has 2 aromatic carbocycles. The maximum atomic E-state index is 12.1. The Morgan fingerprint density at radius 2 is 1.70 bits per heavy atom. The molecule has 0 atom stereocenters. The predicted molar refractivity (Wildman–Crippen MR) is 91.2 cm³/mol. The average molecular weight is 352 g/mol. The molecule has 0 aliphatic heterocycles. The Labute approximate surface area is 144 Å². The van der Waals surface area contributed by atoms with Crippen LogP contribution in [0.5, 0.6) is 0 Å². The molecule has 2 rings (SSSR count). The first-order chi connectivity index (χ1) is 11.0. The van der Waals surface area contributed by atoms with Gasteiger partial charge in [-0.2, -0.15) is 0 Å². The summed E-state index contributed by atoms with van der Waals surface area (Å²) in [6.45, 7) is 0. The lowest BCUT2D eigenvalue weighted by Crippen LogP contribution is -2.15. The Balaban J connectivity index is 2.05. The minimum Gasteiger partial charge on any atom is -0.465 e. The summed E-state index contributed by atoms with van der Waals surface area (Å²) in [5, 5.41) is 3.77. The Morgan fingerprint density at radius 3 is 2.35 bits per heavy atom. The van der Waals surface area contributed by atoms with Gasteiger partial charge < -0.3 is 10.1 Å². The number of benzene rings is 2. The fraction of sp³-hybridized carbons (Fsp3) is 0.176. The Hall–Kier alpha value is -2.04. The molecule has 23 heavy (non-hydrogen) atoms. The summed E-state index contributed by atoms with van der Waals surface area (Å²) in [5.41, 5.74) is 1.45. The maximum Gasteiger partial charge on any atom is 0.339 e. The topological polar surface area (TPSA) is 55.4 Å². The van der Waals surface area contributed by atoms with Crippen molar-refractivity contribution in [1.29, 1.82) is 0 Å². The van der Waals surface area contributed by atoms with Crippen molar-refractivity contribution in [3.8, 4) is 0 Å². The third-order valence-electron chi connectivity index (χ3n) is 3.27. The summed E-state index contributed by atoms with van der Waals surface area (Å²) in [5.74, 6) is -0.743. The minimum absolute atomic E-state index is 0.193. The second-order valence-corrected chi connectivity index (χ2v) is 5.60. The van der Waals surface area contributed by atoms with Gasteiger partial charge in [0.2, 0.25) is 5.91 Å². The second-order valence-electron chi connectivity index (χ2n) is 4.79. The molecule has 2 aromatic rings. The number of rotatable bonds is 5. The summed E-state index contributed by atoms with van der Waals surface area (Å²) >= 11 is 12.2. The monoisotopic (exact) mass is 351 g/mol. The smallest absolute Gasteiger partial charge is 0.339 e. The van der Waals surface area contributed by atoms with Crippen LogP contribution in [-0.4, -0.2) is 19.0 Å². The van der Waals surface area contributed by atoms with E-state index >= 15 is 0 Å². The number of nitrogens with one attached hydrogen (secondary N) is 1. The molecule has 1 amide bonds. The predicted octanol–water partition coefficient (Wildman–Crippen LogP) is 4.35. The second kappa shape index (κ2) is 7.99. The molecule has 4 nitrogen and oxygen atoms in total. The fourth-order valence-electron chi connectivity index (χ4n) is 2.10. The van der Waals surface area contributed by atoms with Crippen LogP contribution < -0.4 is 5.32 Å². The quantitative estimate of drug-likeness (QED) is 0.814. The normalized spacial score (nSPS) is 10.2. The van der Waals surface area contributed by atoms with E-state index in [9.17, 15) is 9.59 Å². The highest BCUT2D eigenvalue weighted by Gasteiger charge is 2.14. The lowest BCUT2D eigenvalue weighted by Gasteiger charge is -2.10. The number of anilines is 1. The van der Waals surface area contributed by atoms with Crippen LogP contribution in [0.3, 0.4) is 0 Å². The number of carbonyl (C=O) groups is 2. The highest BCUT2D eigenvalue weighted by Crippen LogP contribution is 2.25. The minimum atomic E-state index is -0.505. The lowest BCUT2D eigenvalue weighted by atomic mass is 10.1. The van der Waals surface area contributed by atoms with E-state index in [-0.39, 0.29) is 12.3 Å². The van der Waals surface area contributed by atoms with Crippen LogP contribution in [-0.2, 0) is 16.0 Å². The van der Waals surface area contributed by atoms with E-state index < -0.39 is 5.97 Å². The van der Waals surface area contributed by atoms with Crippen LogP contribution in [0.4, 0.5) is 5.69 Å². The summed E-state index contributed by atoms with van der Waals surface area (Å²) < 4.78 is 4.69. The molecule has 0 bridgehead atoms. The molecule has 0 aliphatic carbocycles. The summed E-state index contributed by atoms with van der Waals surface area (Å²) in [6.07, 6.45) is 0.601. The van der Waals surface area contributed by atoms with Crippen molar-refractivity contribution in [1.82, 2.24) is 0 Å². The molecule has 0 fully saturated rings. The average Bonchev–Trinajstić information content (AvgIpc) is 2.54. The zero-order valence-corrected chi connectivity index (χ0v) is 13.9. The molecule has 0 heterocycles. The molecule has 0 spiro atoms. The van der Waals surface area contributed by atoms with Gasteiger partial charge in [-0.25, -0.2) is 4.79 Å². The van der Waals surface area contributed by atoms with Gasteiger partial charge >= 0.3 is 5.97 Å². The number of ether oxygens (including phenoxy) is 1. The van der Waals surface area contributed by atoms with Gasteiger partial charge in [0, 0.05) is 16.5 Å². The third-order valence-corrected chi connectivity index (χ3v) is 3.98. The summed E-state index contributed by atoms with van der Waals surface area (Å²) in [6, 6.07) is 11.9. The molecule has 0 aliphatic rings. The molecule has 0 saturated heterocycles. The number of amides is 1. The molecule has 120 valence electrons. The zero-order valence-electron chi connectivity index (χ0n) is 12.4. The Bertz CT molecular complexity index is 711. The standard InChI is InChI=1S/C17H15Cl2NO3/c1-23-17(22)12-5-2-3-8-15(12)20-16(21)10-9-11-13(18)6-4-7-14(11)19/h2-8H,9-10H2,1H3,(H,20,21). The molecule has 1 N–H and O–H groups in total. The van der Waals surface area contributed by atoms with Crippen molar-refractivity contribution in [2.45, 2.75) is 12.8 Å². The van der Waals surface area contributed by atoms with Crippen LogP contribution in [0.25, 0.3) is 0 Å². The number of hydrogen-bond acceptors (Lipinski definition) is 3. The van der Waals surface area contributed by atoms with E-state index in [4.69, 9.17) is 27.9 Å². The highest BCUT2D eigenvalue weighted by atomic mass is 35.5. The third kappa shape index (κ3) is 4.47. The van der Waals surface area contributed by atoms with Crippen LogP contribution in [0, 0.1) is 0 Å². The first kappa shape index (κ1) is 17.3. The molecule has 0 unspecified atom stereocenters. The highest BCUT2D eigenvalue weighted by molar-refractivity contribution is 6.36. The van der Waals surface area contributed by atoms with Gasteiger partial charge in [0.25, 0.3) is 0 Å². The van der Waals surface area contributed by atoms with Crippen LogP contribution in [0.1, 0.15) is 22.3 Å². The van der Waals surface area contributed by atoms with Gasteiger partial charge in [0.1, 0.15) is 0 Å². The first-order valence-electron chi connectivity index (χ1n) is 6.93. The maximum absolute atomic E-state index is 12.1. The SMILES string of the molecule is COC(=O)c1ccccc1NC(=O)CCc1c(Cl)cccc1Cl. The molecule has 6 heteroatoms. The van der Waals surface area contributed by atoms with Crippen molar-refractivity contribution in [2.24, 2.45) is 0 Å². The lowest BCUT2D eigenvalue weighted by molar-refractivity contribution is -0.116. The number of carbonyl (C=O) groups excluding carboxylic acids is 2. The molecule has 0 aromatic heterocycles. The van der Waals surface area contributed by atoms with Gasteiger partial charge in [-0.05, 0) is 36.2 Å². The summed E-state index contributed by atoms with van der Waals surface area (Å²) in [4.78, 5) is 23.8. The van der Waals surface area contributed by atoms with E-state index in [0.29, 0.717) is 27.7 Å². The first-order valence-corrected chi connectivity index (χ1v) is 7.68. The van der Waals surface area contributed by atoms with Gasteiger partial charge in [0.05, 0.1) is 18.4 Å². The van der Waals surface area contributed by atoms with Crippen LogP contribution >= 0.6 is 23.2 Å².